The molecule has 0 radical (unpaired) electrons. The molecule has 5 nitrogen and oxygen atoms in total. The first-order chi connectivity index (χ1) is 10.6. The summed E-state index contributed by atoms with van der Waals surface area (Å²) in [5.41, 5.74) is 0.674. The molecule has 1 aromatic rings. The highest BCUT2D eigenvalue weighted by Gasteiger charge is 2.31. The normalized spacial score (nSPS) is 22.0. The van der Waals surface area contributed by atoms with Crippen LogP contribution in [0.5, 0.6) is 0 Å². The molecule has 6 heteroatoms. The molecule has 22 heavy (non-hydrogen) atoms. The smallest absolute Gasteiger partial charge is 0.254 e. The molecule has 0 aromatic heterocycles. The average molecular weight is 367 g/mol. The lowest BCUT2D eigenvalue weighted by Crippen LogP contribution is -2.52. The third kappa shape index (κ3) is 3.33. The molecule has 1 atom stereocenters. The number of benzene rings is 1. The number of hydrogen-bond donors (Lipinski definition) is 0. The quantitative estimate of drug-likeness (QED) is 0.803. The van der Waals surface area contributed by atoms with Crippen LogP contribution in [0.2, 0.25) is 0 Å². The van der Waals surface area contributed by atoms with Crippen molar-refractivity contribution < 1.29 is 14.3 Å². The maximum Gasteiger partial charge on any atom is 0.254 e. The summed E-state index contributed by atoms with van der Waals surface area (Å²) >= 11 is 3.38. The van der Waals surface area contributed by atoms with Crippen LogP contribution in [0.3, 0.4) is 0 Å². The van der Waals surface area contributed by atoms with Crippen molar-refractivity contribution in [3.63, 3.8) is 0 Å². The SMILES string of the molecule is O=C(c1cccc(Br)c1)N1CCN(C(=O)C2CCCO2)CC1. The number of amides is 2. The summed E-state index contributed by atoms with van der Waals surface area (Å²) in [6, 6.07) is 7.40. The van der Waals surface area contributed by atoms with Crippen molar-refractivity contribution in [3.05, 3.63) is 34.3 Å². The maximum absolute atomic E-state index is 12.5. The van der Waals surface area contributed by atoms with Crippen LogP contribution in [0.1, 0.15) is 23.2 Å². The van der Waals surface area contributed by atoms with E-state index in [1.807, 2.05) is 29.2 Å². The van der Waals surface area contributed by atoms with Gasteiger partial charge in [0.2, 0.25) is 0 Å². The Balaban J connectivity index is 1.57. The molecule has 0 N–H and O–H groups in total. The van der Waals surface area contributed by atoms with Crippen molar-refractivity contribution in [1.82, 2.24) is 9.80 Å². The number of carbonyl (C=O) groups is 2. The molecular formula is C16H19BrN2O3. The van der Waals surface area contributed by atoms with Gasteiger partial charge in [-0.2, -0.15) is 0 Å². The van der Waals surface area contributed by atoms with Gasteiger partial charge < -0.3 is 14.5 Å². The van der Waals surface area contributed by atoms with Crippen molar-refractivity contribution >= 4 is 27.7 Å². The zero-order chi connectivity index (χ0) is 15.5. The summed E-state index contributed by atoms with van der Waals surface area (Å²) < 4.78 is 6.34. The minimum absolute atomic E-state index is 0.0190. The number of halogens is 1. The van der Waals surface area contributed by atoms with E-state index >= 15 is 0 Å². The number of hydrogen-bond acceptors (Lipinski definition) is 3. The fraction of sp³-hybridized carbons (Fsp3) is 0.500. The van der Waals surface area contributed by atoms with E-state index in [1.165, 1.54) is 0 Å². The highest BCUT2D eigenvalue weighted by atomic mass is 79.9. The summed E-state index contributed by atoms with van der Waals surface area (Å²) in [7, 11) is 0. The lowest BCUT2D eigenvalue weighted by Gasteiger charge is -2.35. The van der Waals surface area contributed by atoms with E-state index in [0.717, 1.165) is 17.3 Å². The largest absolute Gasteiger partial charge is 0.368 e. The second-order valence-electron chi connectivity index (χ2n) is 5.63. The molecule has 3 rings (SSSR count). The molecule has 0 bridgehead atoms. The van der Waals surface area contributed by atoms with E-state index in [-0.39, 0.29) is 17.9 Å². The van der Waals surface area contributed by atoms with E-state index in [0.29, 0.717) is 38.3 Å². The van der Waals surface area contributed by atoms with Crippen molar-refractivity contribution in [1.29, 1.82) is 0 Å². The van der Waals surface area contributed by atoms with Crippen LogP contribution < -0.4 is 0 Å². The van der Waals surface area contributed by atoms with Crippen LogP contribution in [0.15, 0.2) is 28.7 Å². The summed E-state index contributed by atoms with van der Waals surface area (Å²) in [4.78, 5) is 28.4. The maximum atomic E-state index is 12.5. The molecule has 1 unspecified atom stereocenters. The summed E-state index contributed by atoms with van der Waals surface area (Å²) in [5, 5.41) is 0. The molecule has 2 aliphatic rings. The van der Waals surface area contributed by atoms with Gasteiger partial charge in [0.25, 0.3) is 11.8 Å². The fourth-order valence-electron chi connectivity index (χ4n) is 2.91. The van der Waals surface area contributed by atoms with Gasteiger partial charge in [0.1, 0.15) is 6.10 Å². The first kappa shape index (κ1) is 15.5. The minimum atomic E-state index is -0.271. The number of piperazine rings is 1. The van der Waals surface area contributed by atoms with E-state index < -0.39 is 0 Å². The van der Waals surface area contributed by atoms with Gasteiger partial charge in [-0.1, -0.05) is 22.0 Å². The average Bonchev–Trinajstić information content (AvgIpc) is 3.08. The Morgan fingerprint density at radius 3 is 2.50 bits per heavy atom. The van der Waals surface area contributed by atoms with E-state index in [4.69, 9.17) is 4.74 Å². The third-order valence-electron chi connectivity index (χ3n) is 4.16. The first-order valence-electron chi connectivity index (χ1n) is 7.60. The van der Waals surface area contributed by atoms with Crippen molar-refractivity contribution in [2.75, 3.05) is 32.8 Å². The number of nitrogens with zero attached hydrogens (tertiary/aromatic N) is 2. The Bertz CT molecular complexity index is 564. The highest BCUT2D eigenvalue weighted by molar-refractivity contribution is 9.10. The second kappa shape index (κ2) is 6.79. The van der Waals surface area contributed by atoms with E-state index in [1.54, 1.807) is 4.90 Å². The van der Waals surface area contributed by atoms with Gasteiger partial charge in [-0.3, -0.25) is 9.59 Å². The van der Waals surface area contributed by atoms with Crippen LogP contribution in [-0.2, 0) is 9.53 Å². The summed E-state index contributed by atoms with van der Waals surface area (Å²) in [6.45, 7) is 2.99. The molecule has 2 saturated heterocycles. The van der Waals surface area contributed by atoms with E-state index in [9.17, 15) is 9.59 Å². The fourth-order valence-corrected chi connectivity index (χ4v) is 3.31. The van der Waals surface area contributed by atoms with Crippen molar-refractivity contribution in [2.45, 2.75) is 18.9 Å². The zero-order valence-corrected chi connectivity index (χ0v) is 13.9. The van der Waals surface area contributed by atoms with Gasteiger partial charge in [-0.15, -0.1) is 0 Å². The number of carbonyl (C=O) groups excluding carboxylic acids is 2. The first-order valence-corrected chi connectivity index (χ1v) is 8.40. The highest BCUT2D eigenvalue weighted by Crippen LogP contribution is 2.18. The molecular weight excluding hydrogens is 348 g/mol. The molecule has 0 aliphatic carbocycles. The molecule has 0 spiro atoms. The predicted octanol–water partition coefficient (Wildman–Crippen LogP) is 1.91. The molecule has 1 aromatic carbocycles. The molecule has 2 aliphatic heterocycles. The predicted molar refractivity (Wildman–Crippen MR) is 85.6 cm³/mol. The molecule has 2 heterocycles. The van der Waals surface area contributed by atoms with E-state index in [2.05, 4.69) is 15.9 Å². The standard InChI is InChI=1S/C16H19BrN2O3/c17-13-4-1-3-12(11-13)15(20)18-6-8-19(9-7-18)16(21)14-5-2-10-22-14/h1,3-4,11,14H,2,5-10H2. The Morgan fingerprint density at radius 2 is 1.86 bits per heavy atom. The van der Waals surface area contributed by atoms with Gasteiger partial charge in [0.15, 0.2) is 0 Å². The Hall–Kier alpha value is -1.40. The molecule has 2 fully saturated rings. The van der Waals surface area contributed by atoms with Crippen LogP contribution in [0.4, 0.5) is 0 Å². The van der Waals surface area contributed by atoms with Crippen molar-refractivity contribution in [2.24, 2.45) is 0 Å². The third-order valence-corrected chi connectivity index (χ3v) is 4.65. The monoisotopic (exact) mass is 366 g/mol. The van der Waals surface area contributed by atoms with Gasteiger partial charge in [0, 0.05) is 42.8 Å². The van der Waals surface area contributed by atoms with Crippen LogP contribution in [0, 0.1) is 0 Å². The molecule has 0 saturated carbocycles. The number of ether oxygens (including phenoxy) is 1. The Kier molecular flexibility index (Phi) is 4.78. The number of rotatable bonds is 2. The lowest BCUT2D eigenvalue weighted by molar-refractivity contribution is -0.142. The zero-order valence-electron chi connectivity index (χ0n) is 12.3. The topological polar surface area (TPSA) is 49.9 Å². The van der Waals surface area contributed by atoms with Crippen LogP contribution in [0.25, 0.3) is 0 Å². The lowest BCUT2D eigenvalue weighted by atomic mass is 10.1. The minimum Gasteiger partial charge on any atom is -0.368 e. The van der Waals surface area contributed by atoms with Gasteiger partial charge in [0.05, 0.1) is 0 Å². The van der Waals surface area contributed by atoms with Crippen molar-refractivity contribution in [3.8, 4) is 0 Å². The Labute approximate surface area is 138 Å². The summed E-state index contributed by atoms with van der Waals surface area (Å²) in [5.74, 6) is 0.0950. The summed E-state index contributed by atoms with van der Waals surface area (Å²) in [6.07, 6.45) is 1.50. The van der Waals surface area contributed by atoms with Gasteiger partial charge in [-0.05, 0) is 31.0 Å². The molecule has 118 valence electrons. The Morgan fingerprint density at radius 1 is 1.14 bits per heavy atom. The van der Waals surface area contributed by atoms with Gasteiger partial charge >= 0.3 is 0 Å². The second-order valence-corrected chi connectivity index (χ2v) is 6.55. The van der Waals surface area contributed by atoms with Gasteiger partial charge in [-0.25, -0.2) is 0 Å². The molecule has 2 amide bonds. The van der Waals surface area contributed by atoms with Crippen LogP contribution in [-0.4, -0.2) is 60.5 Å². The van der Waals surface area contributed by atoms with Crippen LogP contribution >= 0.6 is 15.9 Å².